The predicted octanol–water partition coefficient (Wildman–Crippen LogP) is 35.1. The molecule has 0 aliphatic rings. The highest BCUT2D eigenvalue weighted by Crippen LogP contribution is 2.54. The van der Waals surface area contributed by atoms with Crippen molar-refractivity contribution >= 4 is 268 Å². The molecule has 0 aliphatic heterocycles. The first-order valence-electron chi connectivity index (χ1n) is 47.6. The van der Waals surface area contributed by atoms with Gasteiger partial charge in [-0.3, -0.25) is 13.7 Å². The monoisotopic (exact) mass is 1850 g/mol. The van der Waals surface area contributed by atoms with Gasteiger partial charge in [0.05, 0.1) is 91.9 Å². The van der Waals surface area contributed by atoms with Gasteiger partial charge in [-0.15, -0.1) is 34.0 Å². The highest BCUT2D eigenvalue weighted by Gasteiger charge is 2.31. The van der Waals surface area contributed by atoms with Crippen LogP contribution >= 0.6 is 34.0 Å². The van der Waals surface area contributed by atoms with Crippen LogP contribution in [-0.4, -0.2) is 48.2 Å². The average Bonchev–Trinajstić information content (AvgIpc) is 1.53. The van der Waals surface area contributed by atoms with E-state index in [9.17, 15) is 0 Å². The van der Waals surface area contributed by atoms with Gasteiger partial charge in [0.1, 0.15) is 0 Å². The number of fused-ring (bicyclic) bond motifs is 39. The molecule has 0 unspecified atom stereocenters. The fourth-order valence-corrected chi connectivity index (χ4v) is 26.5. The number of nitrogens with zero attached hydrogens (tertiary/aromatic N) is 10. The van der Waals surface area contributed by atoms with E-state index in [-0.39, 0.29) is 0 Å². The molecule has 0 atom stereocenters. The molecule has 22 aromatic carbocycles. The maximum absolute atomic E-state index is 5.50. The van der Waals surface area contributed by atoms with Crippen LogP contribution in [0.5, 0.6) is 0 Å². The highest BCUT2D eigenvalue weighted by molar-refractivity contribution is 7.27. The SMILES string of the molecule is c1ccc(-c2nc(-n3c4ccc5ccccc5c4c4c5ccccc5c5c6ccccc6sc5c43)nc3c2sc2ccccc23)cc1.c1ccc(-c2nc(-n3c4ccc5ccccc5c4c4c5ccccc5c5c6ccccc6sc5c43)nc3ccccc23)cc1.c1ccc(-n2c3ccccc3c3ccc(-c4nc(-n5c6ccc7ccccc7c6c6c7ccccc7ccc65)nc5ccccc45)cc32)cc1. The Morgan fingerprint density at radius 3 is 0.979 bits per heavy atom. The van der Waals surface area contributed by atoms with Gasteiger partial charge < -0.3 is 4.57 Å². The standard InChI is InChI=1S/C46H28N4.C42H23N3S2.C40H23N3S/c1-2-14-32(15-3-1)49-39-21-11-9-18-35(39)36-25-22-31(28-42(36)49)45-37-19-8-10-20-38(37)47-46(48-45)50-40-26-23-29-12-4-6-16-33(29)43(40)44-34-17-7-5-13-30(34)24-27-41(44)50;1-2-13-25(14-3-1)37-41-38(30-19-9-11-21-33(30)47-41)44-42(43-37)45-31-23-22-24-12-4-5-15-26(24)35(31)36-28-17-7-6-16-27(28)34-29-18-8-10-20-32(29)46-40(34)39(36)45;1-2-13-25(14-3-1)37-29-18-8-10-20-31(29)41-40(42-37)43-32-23-22-24-12-4-5-15-26(24)35(32)36-28-17-7-6-16-27(28)34-30-19-9-11-21-33(30)44-39(34)38(36)43/h1-28H;1-23H;1-23H. The Hall–Kier alpha value is -18.0. The van der Waals surface area contributed by atoms with Crippen LogP contribution in [-0.2, 0) is 0 Å². The molecule has 10 aromatic heterocycles. The van der Waals surface area contributed by atoms with Gasteiger partial charge in [-0.25, -0.2) is 29.9 Å². The molecule has 0 bridgehead atoms. The molecule has 141 heavy (non-hydrogen) atoms. The Kier molecular flexibility index (Phi) is 17.6. The lowest BCUT2D eigenvalue weighted by molar-refractivity contribution is 1.01. The van der Waals surface area contributed by atoms with Crippen molar-refractivity contribution in [1.29, 1.82) is 0 Å². The second-order valence-electron chi connectivity index (χ2n) is 36.5. The van der Waals surface area contributed by atoms with Crippen molar-refractivity contribution in [2.24, 2.45) is 0 Å². The first-order valence-corrected chi connectivity index (χ1v) is 50.1. The molecule has 0 saturated carbocycles. The predicted molar refractivity (Wildman–Crippen MR) is 598 cm³/mol. The molecule has 0 aliphatic carbocycles. The van der Waals surface area contributed by atoms with Crippen LogP contribution in [0, 0.1) is 0 Å². The fraction of sp³-hybridized carbons (Fsp3) is 0. The largest absolute Gasteiger partial charge is 0.309 e. The highest BCUT2D eigenvalue weighted by atomic mass is 32.1. The number of para-hydroxylation sites is 4. The van der Waals surface area contributed by atoms with Gasteiger partial charge in [0, 0.05) is 117 Å². The van der Waals surface area contributed by atoms with Crippen molar-refractivity contribution in [1.82, 2.24) is 48.2 Å². The Morgan fingerprint density at radius 1 is 0.170 bits per heavy atom. The summed E-state index contributed by atoms with van der Waals surface area (Å²) in [4.78, 5) is 32.4. The quantitative estimate of drug-likeness (QED) is 0.158. The number of benzene rings is 22. The van der Waals surface area contributed by atoms with Gasteiger partial charge in [0.2, 0.25) is 17.8 Å². The summed E-state index contributed by atoms with van der Waals surface area (Å²) in [5.74, 6) is 2.05. The lowest BCUT2D eigenvalue weighted by Crippen LogP contribution is -2.03. The maximum atomic E-state index is 5.50. The maximum Gasteiger partial charge on any atom is 0.235 e. The number of thiophene rings is 3. The summed E-state index contributed by atoms with van der Waals surface area (Å²) in [6, 6.07) is 161. The first-order chi connectivity index (χ1) is 70.0. The molecule has 0 N–H and O–H groups in total. The zero-order valence-corrected chi connectivity index (χ0v) is 77.9. The van der Waals surface area contributed by atoms with E-state index in [0.717, 1.165) is 104 Å². The summed E-state index contributed by atoms with van der Waals surface area (Å²) in [6.07, 6.45) is 0. The van der Waals surface area contributed by atoms with Crippen LogP contribution in [0.15, 0.2) is 449 Å². The van der Waals surface area contributed by atoms with E-state index in [1.165, 1.54) is 169 Å². The van der Waals surface area contributed by atoms with E-state index >= 15 is 0 Å². The fourth-order valence-electron chi connectivity index (χ4n) is 22.9. The van der Waals surface area contributed by atoms with Gasteiger partial charge in [-0.1, -0.05) is 370 Å². The third-order valence-corrected chi connectivity index (χ3v) is 32.4. The Morgan fingerprint density at radius 2 is 0.496 bits per heavy atom. The smallest absolute Gasteiger partial charge is 0.235 e. The van der Waals surface area contributed by atoms with E-state index in [0.29, 0.717) is 17.8 Å². The molecular weight excluding hydrogens is 1770 g/mol. The number of aromatic nitrogens is 10. The van der Waals surface area contributed by atoms with Crippen molar-refractivity contribution in [3.05, 3.63) is 449 Å². The lowest BCUT2D eigenvalue weighted by atomic mass is 9.97. The summed E-state index contributed by atoms with van der Waals surface area (Å²) < 4.78 is 16.7. The molecule has 32 aromatic rings. The van der Waals surface area contributed by atoms with E-state index in [2.05, 4.69) is 467 Å². The molecule has 0 fully saturated rings. The average molecular weight is 1850 g/mol. The lowest BCUT2D eigenvalue weighted by Gasteiger charge is -2.13. The molecule has 10 nitrogen and oxygen atoms in total. The summed E-state index contributed by atoms with van der Waals surface area (Å²) in [7, 11) is 0. The number of rotatable bonds is 7. The van der Waals surface area contributed by atoms with Crippen molar-refractivity contribution in [2.45, 2.75) is 0 Å². The minimum Gasteiger partial charge on any atom is -0.309 e. The topological polar surface area (TPSA) is 97.1 Å². The van der Waals surface area contributed by atoms with E-state index in [4.69, 9.17) is 29.9 Å². The Balaban J connectivity index is 0.0000000994. The minimum atomic E-state index is 0.660. The summed E-state index contributed by atoms with van der Waals surface area (Å²) in [6.45, 7) is 0. The summed E-state index contributed by atoms with van der Waals surface area (Å²) in [5.41, 5.74) is 19.1. The van der Waals surface area contributed by atoms with Crippen molar-refractivity contribution < 1.29 is 0 Å². The van der Waals surface area contributed by atoms with Gasteiger partial charge in [-0.2, -0.15) is 0 Å². The Labute approximate surface area is 816 Å². The third-order valence-electron chi connectivity index (χ3n) is 28.9. The van der Waals surface area contributed by atoms with E-state index in [1.807, 2.05) is 22.7 Å². The van der Waals surface area contributed by atoms with Gasteiger partial charge >= 0.3 is 0 Å². The molecule has 0 amide bonds. The van der Waals surface area contributed by atoms with Crippen molar-refractivity contribution in [3.8, 4) is 57.3 Å². The van der Waals surface area contributed by atoms with Crippen LogP contribution in [0.2, 0.25) is 0 Å². The molecule has 0 radical (unpaired) electrons. The number of hydrogen-bond acceptors (Lipinski definition) is 9. The van der Waals surface area contributed by atoms with E-state index < -0.39 is 0 Å². The van der Waals surface area contributed by atoms with Crippen LogP contribution in [0.3, 0.4) is 0 Å². The first kappa shape index (κ1) is 79.3. The molecule has 0 saturated heterocycles. The summed E-state index contributed by atoms with van der Waals surface area (Å²) >= 11 is 5.51. The molecule has 0 spiro atoms. The van der Waals surface area contributed by atoms with Gasteiger partial charge in [0.25, 0.3) is 0 Å². The van der Waals surface area contributed by atoms with Gasteiger partial charge in [0.15, 0.2) is 0 Å². The molecular formula is C128H74N10S3. The molecule has 10 heterocycles. The third kappa shape index (κ3) is 12.0. The van der Waals surface area contributed by atoms with Crippen LogP contribution in [0.25, 0.3) is 292 Å². The van der Waals surface area contributed by atoms with Crippen molar-refractivity contribution in [2.75, 3.05) is 0 Å². The second kappa shape index (κ2) is 31.3. The normalized spacial score (nSPS) is 12.1. The number of hydrogen-bond donors (Lipinski definition) is 0. The van der Waals surface area contributed by atoms with Crippen LogP contribution in [0.1, 0.15) is 0 Å². The van der Waals surface area contributed by atoms with Crippen LogP contribution in [0.4, 0.5) is 0 Å². The second-order valence-corrected chi connectivity index (χ2v) is 39.6. The zero-order chi connectivity index (χ0) is 92.2. The molecule has 654 valence electrons. The Bertz CT molecular complexity index is 10900. The summed E-state index contributed by atoms with van der Waals surface area (Å²) in [5, 5.41) is 33.2. The van der Waals surface area contributed by atoms with Crippen LogP contribution < -0.4 is 0 Å². The minimum absolute atomic E-state index is 0.660. The van der Waals surface area contributed by atoms with Gasteiger partial charge in [-0.05, 0) is 143 Å². The van der Waals surface area contributed by atoms with E-state index in [1.54, 1.807) is 11.3 Å². The zero-order valence-electron chi connectivity index (χ0n) is 75.4. The molecule has 13 heteroatoms. The van der Waals surface area contributed by atoms with Crippen molar-refractivity contribution in [3.63, 3.8) is 0 Å². The molecule has 32 rings (SSSR count).